The van der Waals surface area contributed by atoms with Gasteiger partial charge in [-0.25, -0.2) is 0 Å². The molecule has 0 fully saturated rings. The van der Waals surface area contributed by atoms with Crippen molar-refractivity contribution in [3.63, 3.8) is 0 Å². The summed E-state index contributed by atoms with van der Waals surface area (Å²) in [6.45, 7) is 3.49. The zero-order valence-electron chi connectivity index (χ0n) is 12.5. The van der Waals surface area contributed by atoms with Crippen LogP contribution in [0.25, 0.3) is 0 Å². The van der Waals surface area contributed by atoms with Crippen molar-refractivity contribution in [2.24, 2.45) is 0 Å². The summed E-state index contributed by atoms with van der Waals surface area (Å²) in [4.78, 5) is 2.10. The highest BCUT2D eigenvalue weighted by Gasteiger charge is 2.10. The molecule has 0 saturated carbocycles. The molecule has 0 bridgehead atoms. The van der Waals surface area contributed by atoms with Crippen molar-refractivity contribution in [2.75, 3.05) is 24.3 Å². The number of nitrogens with two attached hydrogens (primary N) is 1. The third-order valence-electron chi connectivity index (χ3n) is 3.22. The zero-order valence-corrected chi connectivity index (χ0v) is 13.2. The SMILES string of the molecule is CCCOc1cccc(N(C)Cc2cccc(Cl)c2)c1N. The Morgan fingerprint density at radius 1 is 1.19 bits per heavy atom. The fourth-order valence-electron chi connectivity index (χ4n) is 2.20. The summed E-state index contributed by atoms with van der Waals surface area (Å²) in [5.41, 5.74) is 9.00. The molecule has 0 unspecified atom stereocenters. The van der Waals surface area contributed by atoms with Gasteiger partial charge in [-0.1, -0.05) is 36.7 Å². The third-order valence-corrected chi connectivity index (χ3v) is 3.46. The van der Waals surface area contributed by atoms with Crippen molar-refractivity contribution in [2.45, 2.75) is 19.9 Å². The largest absolute Gasteiger partial charge is 0.491 e. The minimum atomic E-state index is 0.672. The van der Waals surface area contributed by atoms with Crippen LogP contribution in [0.5, 0.6) is 5.75 Å². The Morgan fingerprint density at radius 2 is 1.95 bits per heavy atom. The van der Waals surface area contributed by atoms with E-state index in [-0.39, 0.29) is 0 Å². The number of hydrogen-bond acceptors (Lipinski definition) is 3. The lowest BCUT2D eigenvalue weighted by Crippen LogP contribution is -2.18. The van der Waals surface area contributed by atoms with E-state index in [1.165, 1.54) is 0 Å². The van der Waals surface area contributed by atoms with E-state index >= 15 is 0 Å². The van der Waals surface area contributed by atoms with Crippen LogP contribution in [0, 0.1) is 0 Å². The van der Waals surface area contributed by atoms with E-state index < -0.39 is 0 Å². The van der Waals surface area contributed by atoms with Crippen LogP contribution in [-0.2, 0) is 6.54 Å². The Morgan fingerprint density at radius 3 is 2.67 bits per heavy atom. The quantitative estimate of drug-likeness (QED) is 0.806. The highest BCUT2D eigenvalue weighted by atomic mass is 35.5. The molecular formula is C17H21ClN2O. The number of benzene rings is 2. The Kier molecular flexibility index (Phi) is 5.34. The minimum Gasteiger partial charge on any atom is -0.491 e. The van der Waals surface area contributed by atoms with Gasteiger partial charge in [-0.2, -0.15) is 0 Å². The Balaban J connectivity index is 2.17. The predicted octanol–water partition coefficient (Wildman–Crippen LogP) is 4.35. The molecule has 0 aliphatic carbocycles. The third kappa shape index (κ3) is 4.05. The summed E-state index contributed by atoms with van der Waals surface area (Å²) in [6, 6.07) is 13.7. The summed E-state index contributed by atoms with van der Waals surface area (Å²) in [5.74, 6) is 0.743. The van der Waals surface area contributed by atoms with E-state index in [4.69, 9.17) is 22.1 Å². The first-order valence-electron chi connectivity index (χ1n) is 7.08. The molecule has 2 aromatic carbocycles. The highest BCUT2D eigenvalue weighted by molar-refractivity contribution is 6.30. The molecule has 2 rings (SSSR count). The molecule has 0 heterocycles. The average Bonchev–Trinajstić information content (AvgIpc) is 2.46. The number of ether oxygens (including phenoxy) is 1. The molecule has 3 nitrogen and oxygen atoms in total. The monoisotopic (exact) mass is 304 g/mol. The van der Waals surface area contributed by atoms with Crippen LogP contribution in [0.1, 0.15) is 18.9 Å². The van der Waals surface area contributed by atoms with Crippen LogP contribution in [0.2, 0.25) is 5.02 Å². The van der Waals surface area contributed by atoms with Gasteiger partial charge in [0.2, 0.25) is 0 Å². The van der Waals surface area contributed by atoms with E-state index in [2.05, 4.69) is 17.9 Å². The maximum Gasteiger partial charge on any atom is 0.144 e. The molecule has 0 spiro atoms. The lowest BCUT2D eigenvalue weighted by molar-refractivity contribution is 0.319. The first kappa shape index (κ1) is 15.5. The molecule has 0 aromatic heterocycles. The fraction of sp³-hybridized carbons (Fsp3) is 0.294. The van der Waals surface area contributed by atoms with Gasteiger partial charge in [-0.05, 0) is 36.2 Å². The molecule has 0 radical (unpaired) electrons. The van der Waals surface area contributed by atoms with Gasteiger partial charge in [0, 0.05) is 18.6 Å². The van der Waals surface area contributed by atoms with Gasteiger partial charge < -0.3 is 15.4 Å². The van der Waals surface area contributed by atoms with Crippen molar-refractivity contribution in [1.82, 2.24) is 0 Å². The highest BCUT2D eigenvalue weighted by Crippen LogP contribution is 2.32. The molecule has 21 heavy (non-hydrogen) atoms. The second kappa shape index (κ2) is 7.23. The molecule has 0 atom stereocenters. The number of para-hydroxylation sites is 1. The normalized spacial score (nSPS) is 10.4. The van der Waals surface area contributed by atoms with Gasteiger partial charge in [0.05, 0.1) is 18.0 Å². The van der Waals surface area contributed by atoms with Gasteiger partial charge in [0.25, 0.3) is 0 Å². The van der Waals surface area contributed by atoms with E-state index in [1.807, 2.05) is 43.4 Å². The number of rotatable bonds is 6. The van der Waals surface area contributed by atoms with Crippen LogP contribution in [-0.4, -0.2) is 13.7 Å². The maximum atomic E-state index is 6.22. The predicted molar refractivity (Wildman–Crippen MR) is 90.2 cm³/mol. The number of nitrogen functional groups attached to an aromatic ring is 1. The second-order valence-corrected chi connectivity index (χ2v) is 5.46. The first-order valence-corrected chi connectivity index (χ1v) is 7.46. The second-order valence-electron chi connectivity index (χ2n) is 5.02. The standard InChI is InChI=1S/C17H21ClN2O/c1-3-10-21-16-9-5-8-15(17(16)19)20(2)12-13-6-4-7-14(18)11-13/h4-9,11H,3,10,12,19H2,1-2H3. The Labute approximate surface area is 131 Å². The molecule has 112 valence electrons. The van der Waals surface area contributed by atoms with Crippen molar-refractivity contribution < 1.29 is 4.74 Å². The summed E-state index contributed by atoms with van der Waals surface area (Å²) >= 11 is 6.02. The number of nitrogens with zero attached hydrogens (tertiary/aromatic N) is 1. The van der Waals surface area contributed by atoms with Gasteiger partial charge in [-0.3, -0.25) is 0 Å². The maximum absolute atomic E-state index is 6.22. The topological polar surface area (TPSA) is 38.5 Å². The number of halogens is 1. The summed E-state index contributed by atoms with van der Waals surface area (Å²) in [7, 11) is 2.01. The van der Waals surface area contributed by atoms with Crippen molar-refractivity contribution in [1.29, 1.82) is 0 Å². The van der Waals surface area contributed by atoms with Crippen LogP contribution in [0.15, 0.2) is 42.5 Å². The van der Waals surface area contributed by atoms with Crippen LogP contribution >= 0.6 is 11.6 Å². The van der Waals surface area contributed by atoms with E-state index in [0.717, 1.165) is 35.0 Å². The number of hydrogen-bond donors (Lipinski definition) is 1. The molecule has 0 aliphatic rings. The van der Waals surface area contributed by atoms with Crippen molar-refractivity contribution >= 4 is 23.0 Å². The Hall–Kier alpha value is -1.87. The number of anilines is 2. The molecule has 0 saturated heterocycles. The van der Waals surface area contributed by atoms with Gasteiger partial charge in [-0.15, -0.1) is 0 Å². The minimum absolute atomic E-state index is 0.672. The van der Waals surface area contributed by atoms with Gasteiger partial charge in [0.15, 0.2) is 0 Å². The molecule has 0 aliphatic heterocycles. The molecule has 4 heteroatoms. The summed E-state index contributed by atoms with van der Waals surface area (Å²) < 4.78 is 5.67. The first-order chi connectivity index (χ1) is 10.1. The molecule has 2 aromatic rings. The zero-order chi connectivity index (χ0) is 15.2. The fourth-order valence-corrected chi connectivity index (χ4v) is 2.41. The summed E-state index contributed by atoms with van der Waals surface area (Å²) in [5, 5.41) is 0.744. The van der Waals surface area contributed by atoms with Gasteiger partial charge in [0.1, 0.15) is 5.75 Å². The lowest BCUT2D eigenvalue weighted by Gasteiger charge is -2.22. The van der Waals surface area contributed by atoms with E-state index in [9.17, 15) is 0 Å². The molecular weight excluding hydrogens is 284 g/mol. The van der Waals surface area contributed by atoms with E-state index in [0.29, 0.717) is 12.3 Å². The smallest absolute Gasteiger partial charge is 0.144 e. The molecule has 2 N–H and O–H groups in total. The molecule has 0 amide bonds. The van der Waals surface area contributed by atoms with Crippen LogP contribution in [0.4, 0.5) is 11.4 Å². The van der Waals surface area contributed by atoms with E-state index in [1.54, 1.807) is 0 Å². The van der Waals surface area contributed by atoms with Gasteiger partial charge >= 0.3 is 0 Å². The van der Waals surface area contributed by atoms with Crippen molar-refractivity contribution in [3.05, 3.63) is 53.1 Å². The van der Waals surface area contributed by atoms with Crippen molar-refractivity contribution in [3.8, 4) is 5.75 Å². The Bertz CT molecular complexity index is 601. The lowest BCUT2D eigenvalue weighted by atomic mass is 10.2. The van der Waals surface area contributed by atoms with Crippen LogP contribution in [0.3, 0.4) is 0 Å². The average molecular weight is 305 g/mol. The summed E-state index contributed by atoms with van der Waals surface area (Å²) in [6.07, 6.45) is 0.960. The van der Waals surface area contributed by atoms with Crippen LogP contribution < -0.4 is 15.4 Å².